The van der Waals surface area contributed by atoms with Crippen molar-refractivity contribution in [1.29, 1.82) is 0 Å². The fraction of sp³-hybridized carbons (Fsp3) is 0.143. The quantitative estimate of drug-likeness (QED) is 0.657. The molecule has 7 nitrogen and oxygen atoms in total. The second-order valence-electron chi connectivity index (χ2n) is 6.31. The third-order valence-electron chi connectivity index (χ3n) is 3.94. The summed E-state index contributed by atoms with van der Waals surface area (Å²) in [6.07, 6.45) is 2.88. The lowest BCUT2D eigenvalue weighted by Crippen LogP contribution is -2.14. The van der Waals surface area contributed by atoms with Crippen LogP contribution in [0.5, 0.6) is 0 Å². The van der Waals surface area contributed by atoms with E-state index in [-0.39, 0.29) is 11.6 Å². The summed E-state index contributed by atoms with van der Waals surface area (Å²) in [7, 11) is 1.34. The number of rotatable bonds is 5. The number of aromatic nitrogens is 2. The van der Waals surface area contributed by atoms with E-state index in [0.717, 1.165) is 22.5 Å². The molecule has 0 saturated heterocycles. The lowest BCUT2D eigenvalue weighted by Gasteiger charge is -2.08. The molecule has 28 heavy (non-hydrogen) atoms. The van der Waals surface area contributed by atoms with Gasteiger partial charge in [0.15, 0.2) is 0 Å². The van der Waals surface area contributed by atoms with Gasteiger partial charge in [-0.1, -0.05) is 6.07 Å². The van der Waals surface area contributed by atoms with Crippen LogP contribution >= 0.6 is 0 Å². The Labute approximate surface area is 162 Å². The summed E-state index contributed by atoms with van der Waals surface area (Å²) in [6, 6.07) is 12.6. The van der Waals surface area contributed by atoms with Crippen molar-refractivity contribution in [3.05, 3.63) is 77.2 Å². The van der Waals surface area contributed by atoms with Crippen LogP contribution in [-0.2, 0) is 4.74 Å². The molecule has 7 heteroatoms. The predicted molar refractivity (Wildman–Crippen MR) is 107 cm³/mol. The van der Waals surface area contributed by atoms with Crippen LogP contribution in [0.3, 0.4) is 0 Å². The highest BCUT2D eigenvalue weighted by Gasteiger charge is 2.10. The molecule has 0 fully saturated rings. The Morgan fingerprint density at radius 3 is 2.14 bits per heavy atom. The van der Waals surface area contributed by atoms with E-state index in [2.05, 4.69) is 25.3 Å². The predicted octanol–water partition coefficient (Wildman–Crippen LogP) is 3.88. The maximum Gasteiger partial charge on any atom is 0.337 e. The number of aryl methyl sites for hydroxylation is 2. The smallest absolute Gasteiger partial charge is 0.337 e. The maximum absolute atomic E-state index is 12.4. The zero-order valence-electron chi connectivity index (χ0n) is 15.8. The van der Waals surface area contributed by atoms with Gasteiger partial charge in [-0.25, -0.2) is 14.8 Å². The molecule has 2 N–H and O–H groups in total. The molecule has 142 valence electrons. The molecular weight excluding hydrogens is 356 g/mol. The second kappa shape index (κ2) is 8.30. The van der Waals surface area contributed by atoms with Gasteiger partial charge in [0.2, 0.25) is 0 Å². The first-order valence-electron chi connectivity index (χ1n) is 8.62. The van der Waals surface area contributed by atoms with E-state index in [4.69, 9.17) is 0 Å². The monoisotopic (exact) mass is 376 g/mol. The van der Waals surface area contributed by atoms with E-state index < -0.39 is 5.97 Å². The Balaban J connectivity index is 1.65. The fourth-order valence-corrected chi connectivity index (χ4v) is 2.71. The molecule has 0 aliphatic carbocycles. The normalized spacial score (nSPS) is 10.2. The molecule has 1 aromatic heterocycles. The molecule has 0 atom stereocenters. The second-order valence-corrected chi connectivity index (χ2v) is 6.31. The first-order valence-corrected chi connectivity index (χ1v) is 8.62. The average molecular weight is 376 g/mol. The van der Waals surface area contributed by atoms with Crippen LogP contribution in [0, 0.1) is 13.8 Å². The first kappa shape index (κ1) is 19.0. The zero-order chi connectivity index (χ0) is 20.1. The number of hydrogen-bond donors (Lipinski definition) is 2. The number of carbonyl (C=O) groups excluding carboxylic acids is 2. The van der Waals surface area contributed by atoms with Gasteiger partial charge in [-0.3, -0.25) is 4.79 Å². The summed E-state index contributed by atoms with van der Waals surface area (Å²) < 4.78 is 4.67. The summed E-state index contributed by atoms with van der Waals surface area (Å²) in [4.78, 5) is 32.2. The van der Waals surface area contributed by atoms with Gasteiger partial charge in [0.05, 0.1) is 25.1 Å². The van der Waals surface area contributed by atoms with Gasteiger partial charge in [0.25, 0.3) is 5.91 Å². The van der Waals surface area contributed by atoms with Crippen molar-refractivity contribution in [3.63, 3.8) is 0 Å². The highest BCUT2D eigenvalue weighted by Crippen LogP contribution is 2.17. The van der Waals surface area contributed by atoms with E-state index in [9.17, 15) is 9.59 Å². The molecule has 0 aliphatic rings. The Morgan fingerprint density at radius 1 is 0.893 bits per heavy atom. The highest BCUT2D eigenvalue weighted by atomic mass is 16.5. The molecule has 3 rings (SSSR count). The van der Waals surface area contributed by atoms with Crippen molar-refractivity contribution in [1.82, 2.24) is 9.97 Å². The number of ether oxygens (including phenoxy) is 1. The van der Waals surface area contributed by atoms with Gasteiger partial charge in [-0.15, -0.1) is 0 Å². The lowest BCUT2D eigenvalue weighted by atomic mass is 10.1. The summed E-state index contributed by atoms with van der Waals surface area (Å²) in [5.74, 6) is -0.245. The van der Waals surface area contributed by atoms with Crippen LogP contribution in [0.2, 0.25) is 0 Å². The Morgan fingerprint density at radius 2 is 1.57 bits per heavy atom. The van der Waals surface area contributed by atoms with E-state index in [1.807, 2.05) is 32.0 Å². The highest BCUT2D eigenvalue weighted by molar-refractivity contribution is 6.02. The average Bonchev–Trinajstić information content (AvgIpc) is 2.67. The number of methoxy groups -OCH3 is 1. The molecule has 0 aliphatic heterocycles. The number of esters is 1. The van der Waals surface area contributed by atoms with Crippen LogP contribution in [0.4, 0.5) is 17.2 Å². The molecule has 1 amide bonds. The van der Waals surface area contributed by atoms with E-state index in [0.29, 0.717) is 11.4 Å². The van der Waals surface area contributed by atoms with Gasteiger partial charge in [-0.2, -0.15) is 0 Å². The van der Waals surface area contributed by atoms with Gasteiger partial charge in [-0.05, 0) is 61.4 Å². The van der Waals surface area contributed by atoms with Gasteiger partial charge in [0.1, 0.15) is 11.5 Å². The fourth-order valence-electron chi connectivity index (χ4n) is 2.71. The van der Waals surface area contributed by atoms with Crippen LogP contribution in [0.1, 0.15) is 32.0 Å². The maximum atomic E-state index is 12.4. The van der Waals surface area contributed by atoms with Crippen LogP contribution < -0.4 is 10.6 Å². The number of hydrogen-bond acceptors (Lipinski definition) is 6. The number of nitrogens with one attached hydrogen (secondary N) is 2. The van der Waals surface area contributed by atoms with Crippen molar-refractivity contribution >= 4 is 29.1 Å². The van der Waals surface area contributed by atoms with Gasteiger partial charge >= 0.3 is 5.97 Å². The number of amides is 1. The summed E-state index contributed by atoms with van der Waals surface area (Å²) in [6.45, 7) is 3.95. The molecule has 0 saturated carbocycles. The van der Waals surface area contributed by atoms with Crippen LogP contribution in [0.15, 0.2) is 54.9 Å². The Hall–Kier alpha value is -3.74. The minimum atomic E-state index is -0.398. The SMILES string of the molecule is COC(=O)c1ccc(Nc2cnc(C(=O)Nc3cc(C)cc(C)c3)cn2)cc1. The molecule has 0 radical (unpaired) electrons. The molecule has 2 aromatic carbocycles. The van der Waals surface area contributed by atoms with Crippen LogP contribution in [-0.4, -0.2) is 29.0 Å². The standard InChI is InChI=1S/C21H20N4O3/c1-13-8-14(2)10-17(9-13)25-20(26)18-11-23-19(12-22-18)24-16-6-4-15(5-7-16)21(27)28-3/h4-12H,1-3H3,(H,23,24)(H,25,26). The van der Waals surface area contributed by atoms with Gasteiger partial charge in [0, 0.05) is 11.4 Å². The number of benzene rings is 2. The third kappa shape index (κ3) is 4.70. The number of nitrogens with zero attached hydrogens (tertiary/aromatic N) is 2. The molecule has 1 heterocycles. The molecular formula is C21H20N4O3. The van der Waals surface area contributed by atoms with E-state index in [1.165, 1.54) is 19.5 Å². The summed E-state index contributed by atoms with van der Waals surface area (Å²) in [5.41, 5.74) is 4.26. The van der Waals surface area contributed by atoms with E-state index in [1.54, 1.807) is 24.3 Å². The van der Waals surface area contributed by atoms with E-state index >= 15 is 0 Å². The minimum absolute atomic E-state index is 0.214. The van der Waals surface area contributed by atoms with Crippen molar-refractivity contribution in [2.45, 2.75) is 13.8 Å². The third-order valence-corrected chi connectivity index (χ3v) is 3.94. The molecule has 3 aromatic rings. The summed E-state index contributed by atoms with van der Waals surface area (Å²) in [5, 5.41) is 5.89. The lowest BCUT2D eigenvalue weighted by molar-refractivity contribution is 0.0600. The molecule has 0 bridgehead atoms. The number of anilines is 3. The molecule has 0 unspecified atom stereocenters. The topological polar surface area (TPSA) is 93.2 Å². The number of carbonyl (C=O) groups is 2. The largest absolute Gasteiger partial charge is 0.465 e. The van der Waals surface area contributed by atoms with Crippen molar-refractivity contribution in [2.75, 3.05) is 17.7 Å². The van der Waals surface area contributed by atoms with Crippen molar-refractivity contribution in [2.24, 2.45) is 0 Å². The zero-order valence-corrected chi connectivity index (χ0v) is 15.8. The Bertz CT molecular complexity index is 979. The van der Waals surface area contributed by atoms with Crippen molar-refractivity contribution < 1.29 is 14.3 Å². The van der Waals surface area contributed by atoms with Crippen molar-refractivity contribution in [3.8, 4) is 0 Å². The first-order chi connectivity index (χ1) is 13.4. The van der Waals surface area contributed by atoms with Gasteiger partial charge < -0.3 is 15.4 Å². The molecule has 0 spiro atoms. The van der Waals surface area contributed by atoms with Crippen LogP contribution in [0.25, 0.3) is 0 Å². The Kier molecular flexibility index (Phi) is 5.64. The minimum Gasteiger partial charge on any atom is -0.465 e. The summed E-state index contributed by atoms with van der Waals surface area (Å²) >= 11 is 0.